The largest absolute Gasteiger partial charge is 0.396 e. The summed E-state index contributed by atoms with van der Waals surface area (Å²) in [6, 6.07) is 3.05. The zero-order valence-electron chi connectivity index (χ0n) is 11.3. The molecule has 0 fully saturated rings. The molecule has 8 heteroatoms. The molecule has 1 rings (SSSR count). The van der Waals surface area contributed by atoms with Gasteiger partial charge in [0.15, 0.2) is 0 Å². The number of carbonyl (C=O) groups is 1. The maximum absolute atomic E-state index is 13.0. The van der Waals surface area contributed by atoms with E-state index in [1.54, 1.807) is 0 Å². The number of carbonyl (C=O) groups excluding carboxylic acids is 1. The molecule has 1 aromatic rings. The summed E-state index contributed by atoms with van der Waals surface area (Å²) in [5.41, 5.74) is 5.04. The number of amides is 1. The molecule has 0 saturated carbocycles. The summed E-state index contributed by atoms with van der Waals surface area (Å²) < 4.78 is 38.8. The van der Waals surface area contributed by atoms with E-state index in [1.165, 1.54) is 0 Å². The standard InChI is InChI=1S/C12H18FN3O3S/c1-8(2)6-15-12(17)7-16-20(18,19)9-3-4-10(13)11(14)5-9/h3-5,8,16H,6-7,14H2,1-2H3,(H,15,17). The lowest BCUT2D eigenvalue weighted by atomic mass is 10.2. The quantitative estimate of drug-likeness (QED) is 0.664. The second kappa shape index (κ2) is 6.67. The molecule has 1 aromatic carbocycles. The van der Waals surface area contributed by atoms with Crippen molar-refractivity contribution in [1.82, 2.24) is 10.0 Å². The topological polar surface area (TPSA) is 101 Å². The van der Waals surface area contributed by atoms with Crippen LogP contribution in [0.5, 0.6) is 0 Å². The monoisotopic (exact) mass is 303 g/mol. The van der Waals surface area contributed by atoms with E-state index in [0.29, 0.717) is 6.54 Å². The molecule has 0 spiro atoms. The van der Waals surface area contributed by atoms with Gasteiger partial charge in [0.25, 0.3) is 0 Å². The zero-order chi connectivity index (χ0) is 15.3. The molecule has 0 aliphatic heterocycles. The maximum atomic E-state index is 13.0. The Morgan fingerprint density at radius 3 is 2.60 bits per heavy atom. The van der Waals surface area contributed by atoms with Gasteiger partial charge in [-0.1, -0.05) is 13.8 Å². The Balaban J connectivity index is 2.66. The molecule has 0 aliphatic carbocycles. The number of nitrogens with two attached hydrogens (primary N) is 1. The van der Waals surface area contributed by atoms with Crippen LogP contribution in [-0.2, 0) is 14.8 Å². The van der Waals surface area contributed by atoms with Gasteiger partial charge in [-0.15, -0.1) is 0 Å². The first kappa shape index (κ1) is 16.4. The SMILES string of the molecule is CC(C)CNC(=O)CNS(=O)(=O)c1ccc(F)c(N)c1. The van der Waals surface area contributed by atoms with E-state index in [2.05, 4.69) is 10.0 Å². The number of nitrogen functional groups attached to an aromatic ring is 1. The number of benzene rings is 1. The molecule has 0 saturated heterocycles. The number of anilines is 1. The summed E-state index contributed by atoms with van der Waals surface area (Å²) in [6.07, 6.45) is 0. The minimum Gasteiger partial charge on any atom is -0.396 e. The van der Waals surface area contributed by atoms with E-state index in [1.807, 2.05) is 13.8 Å². The van der Waals surface area contributed by atoms with Gasteiger partial charge >= 0.3 is 0 Å². The number of nitrogens with one attached hydrogen (secondary N) is 2. The minimum atomic E-state index is -3.89. The first-order valence-corrected chi connectivity index (χ1v) is 7.52. The number of hydrogen-bond donors (Lipinski definition) is 3. The second-order valence-electron chi connectivity index (χ2n) is 4.71. The summed E-state index contributed by atoms with van der Waals surface area (Å²) >= 11 is 0. The van der Waals surface area contributed by atoms with Crippen molar-refractivity contribution in [3.63, 3.8) is 0 Å². The van der Waals surface area contributed by atoms with Crippen molar-refractivity contribution in [3.05, 3.63) is 24.0 Å². The van der Waals surface area contributed by atoms with Gasteiger partial charge in [0, 0.05) is 6.54 Å². The van der Waals surface area contributed by atoms with E-state index in [4.69, 9.17) is 5.73 Å². The third kappa shape index (κ3) is 4.78. The number of hydrogen-bond acceptors (Lipinski definition) is 4. The Hall–Kier alpha value is -1.67. The molecule has 112 valence electrons. The van der Waals surface area contributed by atoms with Gasteiger partial charge in [-0.25, -0.2) is 17.5 Å². The van der Waals surface area contributed by atoms with Crippen LogP contribution in [0.1, 0.15) is 13.8 Å². The van der Waals surface area contributed by atoms with Crippen LogP contribution in [0.25, 0.3) is 0 Å². The molecule has 0 radical (unpaired) electrons. The van der Waals surface area contributed by atoms with Crippen LogP contribution in [-0.4, -0.2) is 27.4 Å². The highest BCUT2D eigenvalue weighted by molar-refractivity contribution is 7.89. The lowest BCUT2D eigenvalue weighted by Crippen LogP contribution is -2.38. The van der Waals surface area contributed by atoms with Crippen LogP contribution in [0.4, 0.5) is 10.1 Å². The second-order valence-corrected chi connectivity index (χ2v) is 6.47. The van der Waals surface area contributed by atoms with Crippen LogP contribution in [0.15, 0.2) is 23.1 Å². The van der Waals surface area contributed by atoms with Crippen molar-refractivity contribution in [3.8, 4) is 0 Å². The summed E-state index contributed by atoms with van der Waals surface area (Å²) in [7, 11) is -3.89. The average molecular weight is 303 g/mol. The van der Waals surface area contributed by atoms with Crippen molar-refractivity contribution < 1.29 is 17.6 Å². The van der Waals surface area contributed by atoms with E-state index < -0.39 is 21.7 Å². The predicted octanol–water partition coefficient (Wildman–Crippen LogP) is 0.458. The van der Waals surface area contributed by atoms with Gasteiger partial charge in [-0.3, -0.25) is 4.79 Å². The van der Waals surface area contributed by atoms with Gasteiger partial charge in [-0.2, -0.15) is 0 Å². The summed E-state index contributed by atoms with van der Waals surface area (Å²) in [6.45, 7) is 3.92. The first-order valence-electron chi connectivity index (χ1n) is 6.04. The normalized spacial score (nSPS) is 11.6. The predicted molar refractivity (Wildman–Crippen MR) is 73.8 cm³/mol. The Bertz CT molecular complexity index is 588. The molecule has 0 aromatic heterocycles. The highest BCUT2D eigenvalue weighted by Gasteiger charge is 2.16. The molecule has 6 nitrogen and oxygen atoms in total. The molecule has 0 unspecified atom stereocenters. The van der Waals surface area contributed by atoms with Crippen molar-refractivity contribution >= 4 is 21.6 Å². The van der Waals surface area contributed by atoms with Gasteiger partial charge in [-0.05, 0) is 24.1 Å². The number of halogens is 1. The highest BCUT2D eigenvalue weighted by Crippen LogP contribution is 2.16. The number of sulfonamides is 1. The highest BCUT2D eigenvalue weighted by atomic mass is 32.2. The van der Waals surface area contributed by atoms with E-state index >= 15 is 0 Å². The van der Waals surface area contributed by atoms with E-state index in [9.17, 15) is 17.6 Å². The lowest BCUT2D eigenvalue weighted by Gasteiger charge is -2.09. The van der Waals surface area contributed by atoms with Crippen molar-refractivity contribution in [2.75, 3.05) is 18.8 Å². The number of rotatable bonds is 6. The van der Waals surface area contributed by atoms with Crippen LogP contribution < -0.4 is 15.8 Å². The molecule has 4 N–H and O–H groups in total. The van der Waals surface area contributed by atoms with Crippen LogP contribution in [0.3, 0.4) is 0 Å². The van der Waals surface area contributed by atoms with Gasteiger partial charge in [0.1, 0.15) is 5.82 Å². The third-order valence-electron chi connectivity index (χ3n) is 2.41. The van der Waals surface area contributed by atoms with Crippen LogP contribution in [0.2, 0.25) is 0 Å². The average Bonchev–Trinajstić information content (AvgIpc) is 2.37. The smallest absolute Gasteiger partial charge is 0.241 e. The summed E-state index contributed by atoms with van der Waals surface area (Å²) in [5, 5.41) is 2.58. The Morgan fingerprint density at radius 2 is 2.05 bits per heavy atom. The summed E-state index contributed by atoms with van der Waals surface area (Å²) in [4.78, 5) is 11.2. The lowest BCUT2D eigenvalue weighted by molar-refractivity contribution is -0.120. The fraction of sp³-hybridized carbons (Fsp3) is 0.417. The molecule has 0 aliphatic rings. The van der Waals surface area contributed by atoms with Crippen LogP contribution >= 0.6 is 0 Å². The molecule has 1 amide bonds. The minimum absolute atomic E-state index is 0.187. The molecule has 0 bridgehead atoms. The third-order valence-corrected chi connectivity index (χ3v) is 3.81. The fourth-order valence-electron chi connectivity index (χ4n) is 1.31. The Labute approximate surface area is 117 Å². The van der Waals surface area contributed by atoms with Crippen LogP contribution in [0, 0.1) is 11.7 Å². The summed E-state index contributed by atoms with van der Waals surface area (Å²) in [5.74, 6) is -0.858. The van der Waals surface area contributed by atoms with Gasteiger partial charge in [0.05, 0.1) is 17.1 Å². The van der Waals surface area contributed by atoms with Crippen molar-refractivity contribution in [2.45, 2.75) is 18.7 Å². The molecular formula is C12H18FN3O3S. The Kier molecular flexibility index (Phi) is 5.46. The first-order chi connectivity index (χ1) is 9.22. The Morgan fingerprint density at radius 1 is 1.40 bits per heavy atom. The zero-order valence-corrected chi connectivity index (χ0v) is 12.1. The van der Waals surface area contributed by atoms with E-state index in [0.717, 1.165) is 18.2 Å². The molecule has 0 heterocycles. The van der Waals surface area contributed by atoms with Crippen molar-refractivity contribution in [2.24, 2.45) is 5.92 Å². The van der Waals surface area contributed by atoms with E-state index in [-0.39, 0.29) is 23.0 Å². The molecular weight excluding hydrogens is 285 g/mol. The molecule has 20 heavy (non-hydrogen) atoms. The molecule has 0 atom stereocenters. The van der Waals surface area contributed by atoms with Crippen molar-refractivity contribution in [1.29, 1.82) is 0 Å². The fourth-order valence-corrected chi connectivity index (χ4v) is 2.33. The van der Waals surface area contributed by atoms with Gasteiger partial charge in [0.2, 0.25) is 15.9 Å². The van der Waals surface area contributed by atoms with Gasteiger partial charge < -0.3 is 11.1 Å². The maximum Gasteiger partial charge on any atom is 0.241 e.